The topological polar surface area (TPSA) is 104 Å². The Morgan fingerprint density at radius 3 is 2.78 bits per heavy atom. The number of β-amino-alcohol motifs (C(OH)–C–C–N with tert-alkyl or cyclic N) is 1. The molecule has 190 valence electrons. The van der Waals surface area contributed by atoms with Gasteiger partial charge in [0.25, 0.3) is 0 Å². The van der Waals surface area contributed by atoms with Crippen LogP contribution in [0.3, 0.4) is 0 Å². The second kappa shape index (κ2) is 8.93. The van der Waals surface area contributed by atoms with E-state index >= 15 is 0 Å². The van der Waals surface area contributed by atoms with Crippen LogP contribution >= 0.6 is 0 Å². The van der Waals surface area contributed by atoms with Crippen LogP contribution in [0.25, 0.3) is 11.3 Å². The maximum absolute atomic E-state index is 13.1. The summed E-state index contributed by atoms with van der Waals surface area (Å²) in [6, 6.07) is 3.95. The van der Waals surface area contributed by atoms with Crippen molar-refractivity contribution in [1.29, 1.82) is 0 Å². The number of nitrogens with one attached hydrogen (secondary N) is 3. The third kappa shape index (κ3) is 4.58. The van der Waals surface area contributed by atoms with Gasteiger partial charge in [-0.2, -0.15) is 22.8 Å². The molecule has 4 aromatic rings. The highest BCUT2D eigenvalue weighted by atomic mass is 19.4. The average Bonchev–Trinajstić information content (AvgIpc) is 3.46. The molecular weight excluding hydrogens is 473 g/mol. The first-order valence-electron chi connectivity index (χ1n) is 12.2. The molecule has 0 amide bonds. The van der Waals surface area contributed by atoms with Crippen molar-refractivity contribution >= 4 is 22.9 Å². The number of nitrogens with zero attached hydrogens (tertiary/aromatic N) is 5. The normalized spacial score (nSPS) is 20.8. The number of halogens is 3. The number of hydrogen-bond donors (Lipinski definition) is 4. The van der Waals surface area contributed by atoms with E-state index in [0.29, 0.717) is 42.9 Å². The van der Waals surface area contributed by atoms with E-state index in [0.717, 1.165) is 49.2 Å². The molecule has 2 aliphatic rings. The summed E-state index contributed by atoms with van der Waals surface area (Å²) in [7, 11) is 0. The summed E-state index contributed by atoms with van der Waals surface area (Å²) in [5.74, 6) is 1.98. The molecule has 6 rings (SSSR count). The zero-order valence-corrected chi connectivity index (χ0v) is 19.5. The van der Waals surface area contributed by atoms with Crippen LogP contribution in [-0.2, 0) is 12.7 Å². The summed E-state index contributed by atoms with van der Waals surface area (Å²) in [4.78, 5) is 9.17. The van der Waals surface area contributed by atoms with E-state index in [9.17, 15) is 18.3 Å². The van der Waals surface area contributed by atoms with E-state index < -0.39 is 17.8 Å². The number of imidazole rings is 1. The number of alkyl halides is 3. The third-order valence-electron chi connectivity index (χ3n) is 6.94. The molecule has 0 unspecified atom stereocenters. The molecule has 9 nitrogen and oxygen atoms in total. The van der Waals surface area contributed by atoms with Gasteiger partial charge in [-0.15, -0.1) is 0 Å². The predicted molar refractivity (Wildman–Crippen MR) is 128 cm³/mol. The largest absolute Gasteiger partial charge is 0.416 e. The van der Waals surface area contributed by atoms with Crippen molar-refractivity contribution in [1.82, 2.24) is 29.3 Å². The Morgan fingerprint density at radius 1 is 1.14 bits per heavy atom. The first-order valence-corrected chi connectivity index (χ1v) is 12.2. The number of pyridine rings is 1. The van der Waals surface area contributed by atoms with E-state index in [1.807, 2.05) is 12.3 Å². The Morgan fingerprint density at radius 2 is 2.00 bits per heavy atom. The number of aromatic nitrogens is 5. The predicted octanol–water partition coefficient (Wildman–Crippen LogP) is 3.27. The molecule has 1 saturated heterocycles. The number of rotatable bonds is 7. The van der Waals surface area contributed by atoms with Crippen molar-refractivity contribution in [3.05, 3.63) is 53.6 Å². The van der Waals surface area contributed by atoms with Crippen LogP contribution in [0.15, 0.2) is 36.8 Å². The highest BCUT2D eigenvalue weighted by Gasteiger charge is 2.31. The Balaban J connectivity index is 1.25. The van der Waals surface area contributed by atoms with Gasteiger partial charge in [-0.25, -0.2) is 9.97 Å². The van der Waals surface area contributed by atoms with E-state index in [4.69, 9.17) is 4.98 Å². The van der Waals surface area contributed by atoms with Crippen LogP contribution in [-0.4, -0.2) is 54.8 Å². The molecule has 0 bridgehead atoms. The molecular formula is C24H27F3N8O. The van der Waals surface area contributed by atoms with Crippen LogP contribution in [0.1, 0.15) is 42.0 Å². The van der Waals surface area contributed by atoms with Crippen molar-refractivity contribution in [2.75, 3.05) is 30.3 Å². The number of hydrogen-bond acceptors (Lipinski definition) is 7. The average molecular weight is 501 g/mol. The number of piperidine rings is 1. The zero-order valence-electron chi connectivity index (χ0n) is 19.5. The lowest BCUT2D eigenvalue weighted by atomic mass is 9.95. The first-order chi connectivity index (χ1) is 17.3. The fraction of sp³-hybridized carbons (Fsp3) is 0.458. The summed E-state index contributed by atoms with van der Waals surface area (Å²) in [6.45, 7) is 2.36. The summed E-state index contributed by atoms with van der Waals surface area (Å²) >= 11 is 0. The van der Waals surface area contributed by atoms with Gasteiger partial charge in [-0.3, -0.25) is 0 Å². The van der Waals surface area contributed by atoms with E-state index in [1.165, 1.54) is 6.20 Å². The summed E-state index contributed by atoms with van der Waals surface area (Å²) < 4.78 is 42.5. The maximum Gasteiger partial charge on any atom is 0.416 e. The third-order valence-corrected chi connectivity index (χ3v) is 6.94. The molecule has 0 aromatic carbocycles. The number of anilines is 2. The van der Waals surface area contributed by atoms with Crippen LogP contribution in [0.2, 0.25) is 0 Å². The quantitative estimate of drug-likeness (QED) is 0.309. The van der Waals surface area contributed by atoms with Gasteiger partial charge in [0.05, 0.1) is 30.1 Å². The minimum absolute atomic E-state index is 0.132. The molecule has 1 aliphatic carbocycles. The summed E-state index contributed by atoms with van der Waals surface area (Å²) in [6.07, 6.45) is 3.22. The molecule has 12 heteroatoms. The van der Waals surface area contributed by atoms with Gasteiger partial charge in [0, 0.05) is 43.0 Å². The van der Waals surface area contributed by atoms with Crippen LogP contribution in [0.5, 0.6) is 0 Å². The van der Waals surface area contributed by atoms with E-state index in [2.05, 4.69) is 26.0 Å². The summed E-state index contributed by atoms with van der Waals surface area (Å²) in [5, 5.41) is 24.7. The highest BCUT2D eigenvalue weighted by Crippen LogP contribution is 2.42. The van der Waals surface area contributed by atoms with Gasteiger partial charge in [0.2, 0.25) is 0 Å². The Kier molecular flexibility index (Phi) is 5.72. The molecule has 2 fully saturated rings. The molecule has 0 radical (unpaired) electrons. The van der Waals surface area contributed by atoms with Crippen molar-refractivity contribution in [2.24, 2.45) is 5.92 Å². The highest BCUT2D eigenvalue weighted by molar-refractivity contribution is 5.61. The maximum atomic E-state index is 13.1. The van der Waals surface area contributed by atoms with Gasteiger partial charge in [-0.05, 0) is 43.9 Å². The van der Waals surface area contributed by atoms with Gasteiger partial charge in [-0.1, -0.05) is 0 Å². The second-order valence-corrected chi connectivity index (χ2v) is 9.60. The molecule has 36 heavy (non-hydrogen) atoms. The first kappa shape index (κ1) is 23.0. The molecule has 1 aliphatic heterocycles. The van der Waals surface area contributed by atoms with Crippen molar-refractivity contribution in [3.63, 3.8) is 0 Å². The number of fused-ring (bicyclic) bond motifs is 2. The number of aliphatic hydroxyl groups excluding tert-OH is 1. The summed E-state index contributed by atoms with van der Waals surface area (Å²) in [5.41, 5.74) is 1.99. The van der Waals surface area contributed by atoms with Gasteiger partial charge < -0.3 is 25.5 Å². The van der Waals surface area contributed by atoms with E-state index in [1.54, 1.807) is 15.1 Å². The van der Waals surface area contributed by atoms with Crippen LogP contribution in [0.4, 0.5) is 24.8 Å². The fourth-order valence-corrected chi connectivity index (χ4v) is 4.73. The smallest absolute Gasteiger partial charge is 0.391 e. The fourth-order valence-electron chi connectivity index (χ4n) is 4.73. The molecule has 4 N–H and O–H groups in total. The van der Waals surface area contributed by atoms with Gasteiger partial charge in [0.15, 0.2) is 5.65 Å². The standard InChI is InChI=1S/C24H27F3N8O/c25-24(26,27)16-4-6-34-13-17(32-22(34)7-16)10-30-21-8-20(29-9-15-3-5-28-12-19(15)36)33-23-18(14-1-2-14)11-31-35(21)23/h4,6-8,11,13-15,19,28,30,36H,1-3,5,9-10,12H2,(H,29,33)/t15-,19+/m1/s1. The minimum Gasteiger partial charge on any atom is -0.391 e. The lowest BCUT2D eigenvalue weighted by molar-refractivity contribution is -0.137. The second-order valence-electron chi connectivity index (χ2n) is 9.60. The molecule has 2 atom stereocenters. The van der Waals surface area contributed by atoms with Crippen molar-refractivity contribution < 1.29 is 18.3 Å². The molecule has 5 heterocycles. The minimum atomic E-state index is -4.41. The SMILES string of the molecule is O[C@H]1CNCC[C@@H]1CNc1cc(NCc2cn3ccc(C(F)(F)F)cc3n2)n2ncc(C3CC3)c2n1. The molecule has 1 saturated carbocycles. The van der Waals surface area contributed by atoms with Gasteiger partial charge >= 0.3 is 6.18 Å². The van der Waals surface area contributed by atoms with Gasteiger partial charge in [0.1, 0.15) is 17.3 Å². The lowest BCUT2D eigenvalue weighted by Gasteiger charge is -2.28. The lowest BCUT2D eigenvalue weighted by Crippen LogP contribution is -2.43. The van der Waals surface area contributed by atoms with Crippen molar-refractivity contribution in [2.45, 2.75) is 44.0 Å². The Hall–Kier alpha value is -3.38. The Labute approximate surface area is 204 Å². The van der Waals surface area contributed by atoms with Crippen molar-refractivity contribution in [3.8, 4) is 0 Å². The molecule has 4 aromatic heterocycles. The Bertz CT molecular complexity index is 1390. The van der Waals surface area contributed by atoms with E-state index in [-0.39, 0.29) is 11.6 Å². The molecule has 0 spiro atoms. The van der Waals surface area contributed by atoms with Crippen LogP contribution in [0, 0.1) is 5.92 Å². The number of aliphatic hydroxyl groups is 1. The monoisotopic (exact) mass is 500 g/mol. The van der Waals surface area contributed by atoms with Crippen LogP contribution < -0.4 is 16.0 Å². The zero-order chi connectivity index (χ0) is 24.9.